The Morgan fingerprint density at radius 3 is 2.70 bits per heavy atom. The number of carbonyl (C=O) groups is 1. The quantitative estimate of drug-likeness (QED) is 0.699. The number of amides is 1. The third-order valence-electron chi connectivity index (χ3n) is 5.31. The molecule has 162 valence electrons. The van der Waals surface area contributed by atoms with Crippen LogP contribution in [0.25, 0.3) is 0 Å². The van der Waals surface area contributed by atoms with Gasteiger partial charge in [0, 0.05) is 19.4 Å². The number of aromatic nitrogens is 4. The van der Waals surface area contributed by atoms with Crippen molar-refractivity contribution < 1.29 is 26.7 Å². The first-order valence-electron chi connectivity index (χ1n) is 9.43. The lowest BCUT2D eigenvalue weighted by Crippen LogP contribution is -2.42. The van der Waals surface area contributed by atoms with Crippen LogP contribution in [0.5, 0.6) is 0 Å². The molecule has 30 heavy (non-hydrogen) atoms. The summed E-state index contributed by atoms with van der Waals surface area (Å²) in [5.74, 6) is -3.20. The van der Waals surface area contributed by atoms with E-state index in [4.69, 9.17) is 0 Å². The maximum Gasteiger partial charge on any atom is 0.433 e. The van der Waals surface area contributed by atoms with Crippen LogP contribution >= 0.6 is 0 Å². The van der Waals surface area contributed by atoms with E-state index in [1.165, 1.54) is 16.7 Å². The fourth-order valence-electron chi connectivity index (χ4n) is 3.88. The highest BCUT2D eigenvalue weighted by molar-refractivity contribution is 5.81. The molecule has 2 aliphatic rings. The lowest BCUT2D eigenvalue weighted by molar-refractivity contribution is -0.141. The van der Waals surface area contributed by atoms with Crippen molar-refractivity contribution in [1.29, 1.82) is 0 Å². The van der Waals surface area contributed by atoms with E-state index in [0.29, 0.717) is 25.1 Å². The van der Waals surface area contributed by atoms with Crippen molar-refractivity contribution in [2.75, 3.05) is 13.1 Å². The Morgan fingerprint density at radius 2 is 2.03 bits per heavy atom. The van der Waals surface area contributed by atoms with Gasteiger partial charge in [-0.15, -0.1) is 0 Å². The monoisotopic (exact) mass is 431 g/mol. The van der Waals surface area contributed by atoms with E-state index in [-0.39, 0.29) is 18.8 Å². The number of halogens is 5. The molecule has 0 N–H and O–H groups in total. The number of hydrogen-bond donors (Lipinski definition) is 0. The van der Waals surface area contributed by atoms with Crippen LogP contribution in [-0.2, 0) is 23.9 Å². The van der Waals surface area contributed by atoms with Crippen LogP contribution in [0.2, 0.25) is 0 Å². The molecule has 0 unspecified atom stereocenters. The zero-order valence-corrected chi connectivity index (χ0v) is 15.7. The van der Waals surface area contributed by atoms with Gasteiger partial charge >= 0.3 is 11.9 Å². The highest BCUT2D eigenvalue weighted by Crippen LogP contribution is 2.31. The minimum absolute atomic E-state index is 0.00978. The van der Waals surface area contributed by atoms with E-state index in [0.717, 1.165) is 15.6 Å². The molecule has 0 aliphatic carbocycles. The SMILES string of the molecule is O=C([C@@H]1CCCc2nn(Cc3cccc(C(F)(F)F)n3)c(=O)n21)N1CCC(F)(F)C1. The lowest BCUT2D eigenvalue weighted by Gasteiger charge is -2.27. The molecule has 12 heteroatoms. The minimum atomic E-state index is -4.62. The van der Waals surface area contributed by atoms with Crippen molar-refractivity contribution in [2.24, 2.45) is 0 Å². The van der Waals surface area contributed by atoms with Gasteiger partial charge in [0.15, 0.2) is 0 Å². The Balaban J connectivity index is 1.61. The summed E-state index contributed by atoms with van der Waals surface area (Å²) in [7, 11) is 0. The van der Waals surface area contributed by atoms with Crippen LogP contribution in [0.1, 0.15) is 42.5 Å². The molecule has 1 atom stereocenters. The number of rotatable bonds is 3. The first-order chi connectivity index (χ1) is 14.0. The van der Waals surface area contributed by atoms with Gasteiger partial charge < -0.3 is 4.90 Å². The topological polar surface area (TPSA) is 73.0 Å². The molecule has 2 aromatic rings. The van der Waals surface area contributed by atoms with E-state index >= 15 is 0 Å². The minimum Gasteiger partial charge on any atom is -0.335 e. The van der Waals surface area contributed by atoms with Gasteiger partial charge in [-0.1, -0.05) is 6.07 Å². The Hall–Kier alpha value is -2.79. The average molecular weight is 431 g/mol. The second-order valence-electron chi connectivity index (χ2n) is 7.51. The molecule has 4 heterocycles. The summed E-state index contributed by atoms with van der Waals surface area (Å²) in [6.07, 6.45) is -3.80. The summed E-state index contributed by atoms with van der Waals surface area (Å²) in [6, 6.07) is 2.41. The highest BCUT2D eigenvalue weighted by Gasteiger charge is 2.43. The van der Waals surface area contributed by atoms with Gasteiger partial charge in [-0.05, 0) is 25.0 Å². The molecular weight excluding hydrogens is 413 g/mol. The van der Waals surface area contributed by atoms with Gasteiger partial charge in [0.1, 0.15) is 17.6 Å². The Morgan fingerprint density at radius 1 is 1.27 bits per heavy atom. The number of carbonyl (C=O) groups excluding carboxylic acids is 1. The van der Waals surface area contributed by atoms with Crippen LogP contribution in [0.4, 0.5) is 22.0 Å². The van der Waals surface area contributed by atoms with Gasteiger partial charge in [0.25, 0.3) is 5.92 Å². The van der Waals surface area contributed by atoms with Crippen molar-refractivity contribution in [3.05, 3.63) is 45.9 Å². The molecule has 2 aliphatic heterocycles. The summed E-state index contributed by atoms with van der Waals surface area (Å²) in [5, 5.41) is 4.15. The lowest BCUT2D eigenvalue weighted by atomic mass is 10.0. The van der Waals surface area contributed by atoms with Crippen molar-refractivity contribution in [3.63, 3.8) is 0 Å². The van der Waals surface area contributed by atoms with Crippen molar-refractivity contribution >= 4 is 5.91 Å². The average Bonchev–Trinajstić information content (AvgIpc) is 3.20. The molecule has 7 nitrogen and oxygen atoms in total. The van der Waals surface area contributed by atoms with Crippen LogP contribution in [0, 0.1) is 0 Å². The zero-order valence-electron chi connectivity index (χ0n) is 15.7. The second kappa shape index (κ2) is 7.17. The molecular formula is C18H18F5N5O2. The van der Waals surface area contributed by atoms with E-state index in [1.807, 2.05) is 0 Å². The first kappa shape index (κ1) is 20.5. The van der Waals surface area contributed by atoms with Gasteiger partial charge in [-0.3, -0.25) is 9.36 Å². The molecule has 2 aromatic heterocycles. The normalized spacial score (nSPS) is 21.0. The Labute approximate surface area is 167 Å². The van der Waals surface area contributed by atoms with Crippen LogP contribution < -0.4 is 5.69 Å². The number of pyridine rings is 1. The van der Waals surface area contributed by atoms with Gasteiger partial charge in [-0.25, -0.2) is 23.2 Å². The maximum atomic E-state index is 13.5. The molecule has 4 rings (SSSR count). The highest BCUT2D eigenvalue weighted by atomic mass is 19.4. The fraction of sp³-hybridized carbons (Fsp3) is 0.556. The summed E-state index contributed by atoms with van der Waals surface area (Å²) in [4.78, 5) is 30.2. The van der Waals surface area contributed by atoms with Crippen LogP contribution in [0.3, 0.4) is 0 Å². The number of aryl methyl sites for hydroxylation is 1. The van der Waals surface area contributed by atoms with E-state index < -0.39 is 48.4 Å². The standard InChI is InChI=1S/C18H18F5N5O2/c19-17(20)7-8-26(10-17)15(29)12-4-2-6-14-25-27(16(30)28(12)14)9-11-3-1-5-13(24-11)18(21,22)23/h1,3,5,12H,2,4,6-10H2/t12-/m0/s1. The molecule has 0 bridgehead atoms. The molecule has 1 saturated heterocycles. The first-order valence-corrected chi connectivity index (χ1v) is 9.43. The van der Waals surface area contributed by atoms with Gasteiger partial charge in [0.2, 0.25) is 5.91 Å². The van der Waals surface area contributed by atoms with E-state index in [1.54, 1.807) is 0 Å². The zero-order chi connectivity index (χ0) is 21.7. The van der Waals surface area contributed by atoms with Crippen molar-refractivity contribution in [1.82, 2.24) is 24.2 Å². The number of fused-ring (bicyclic) bond motifs is 1. The van der Waals surface area contributed by atoms with Crippen molar-refractivity contribution in [2.45, 2.75) is 50.4 Å². The maximum absolute atomic E-state index is 13.5. The molecule has 0 aromatic carbocycles. The van der Waals surface area contributed by atoms with Gasteiger partial charge in [-0.2, -0.15) is 18.3 Å². The number of likely N-dealkylation sites (tertiary alicyclic amines) is 1. The summed E-state index contributed by atoms with van der Waals surface area (Å²) in [5.41, 5.74) is -1.77. The molecule has 0 radical (unpaired) electrons. The third kappa shape index (κ3) is 3.82. The number of nitrogens with zero attached hydrogens (tertiary/aromatic N) is 5. The summed E-state index contributed by atoms with van der Waals surface area (Å²) >= 11 is 0. The Bertz CT molecular complexity index is 1030. The molecule has 1 fully saturated rings. The van der Waals surface area contributed by atoms with Crippen molar-refractivity contribution in [3.8, 4) is 0 Å². The second-order valence-corrected chi connectivity index (χ2v) is 7.51. The van der Waals surface area contributed by atoms with Crippen LogP contribution in [0.15, 0.2) is 23.0 Å². The Kier molecular flexibility index (Phi) is 4.89. The number of hydrogen-bond acceptors (Lipinski definition) is 4. The predicted octanol–water partition coefficient (Wildman–Crippen LogP) is 2.25. The third-order valence-corrected chi connectivity index (χ3v) is 5.31. The van der Waals surface area contributed by atoms with E-state index in [9.17, 15) is 31.5 Å². The molecule has 1 amide bonds. The van der Waals surface area contributed by atoms with E-state index in [2.05, 4.69) is 10.1 Å². The largest absolute Gasteiger partial charge is 0.433 e. The van der Waals surface area contributed by atoms with Crippen LogP contribution in [-0.4, -0.2) is 49.2 Å². The summed E-state index contributed by atoms with van der Waals surface area (Å²) < 4.78 is 67.7. The number of alkyl halides is 5. The predicted molar refractivity (Wildman–Crippen MR) is 92.9 cm³/mol. The van der Waals surface area contributed by atoms with Gasteiger partial charge in [0.05, 0.1) is 18.8 Å². The smallest absolute Gasteiger partial charge is 0.335 e. The molecule has 0 spiro atoms. The summed E-state index contributed by atoms with van der Waals surface area (Å²) in [6.45, 7) is -1.07. The molecule has 0 saturated carbocycles. The fourth-order valence-corrected chi connectivity index (χ4v) is 3.88.